The van der Waals surface area contributed by atoms with Gasteiger partial charge in [-0.05, 0) is 36.3 Å². The third-order valence-electron chi connectivity index (χ3n) is 3.28. The molecule has 24 heavy (non-hydrogen) atoms. The Bertz CT molecular complexity index is 742. The highest BCUT2D eigenvalue weighted by Gasteiger charge is 2.07. The Morgan fingerprint density at radius 1 is 1.12 bits per heavy atom. The number of aryl methyl sites for hydroxylation is 1. The van der Waals surface area contributed by atoms with Crippen molar-refractivity contribution in [1.29, 1.82) is 0 Å². The molecule has 0 saturated carbocycles. The molecule has 2 amide bonds. The summed E-state index contributed by atoms with van der Waals surface area (Å²) in [5.74, 6) is -1.11. The minimum Gasteiger partial charge on any atom is -0.352 e. The molecule has 0 heterocycles. The highest BCUT2D eigenvalue weighted by molar-refractivity contribution is 5.93. The van der Waals surface area contributed by atoms with Crippen LogP contribution in [0.15, 0.2) is 54.6 Å². The number of halogens is 1. The van der Waals surface area contributed by atoms with Crippen molar-refractivity contribution in [3.8, 4) is 0 Å². The Morgan fingerprint density at radius 2 is 1.88 bits per heavy atom. The van der Waals surface area contributed by atoms with E-state index in [2.05, 4.69) is 10.6 Å². The quantitative estimate of drug-likeness (QED) is 0.800. The van der Waals surface area contributed by atoms with Crippen LogP contribution in [-0.4, -0.2) is 18.4 Å². The van der Waals surface area contributed by atoms with Crippen LogP contribution in [0.25, 0.3) is 6.08 Å². The molecule has 5 heteroatoms. The maximum Gasteiger partial charge on any atom is 0.244 e. The van der Waals surface area contributed by atoms with E-state index in [4.69, 9.17) is 0 Å². The predicted molar refractivity (Wildman–Crippen MR) is 92.9 cm³/mol. The molecule has 0 aliphatic heterocycles. The van der Waals surface area contributed by atoms with Gasteiger partial charge in [-0.3, -0.25) is 9.59 Å². The van der Waals surface area contributed by atoms with Crippen LogP contribution in [0, 0.1) is 12.7 Å². The summed E-state index contributed by atoms with van der Waals surface area (Å²) in [4.78, 5) is 23.4. The topological polar surface area (TPSA) is 58.2 Å². The Hall–Kier alpha value is -2.95. The van der Waals surface area contributed by atoms with E-state index in [1.54, 1.807) is 19.1 Å². The van der Waals surface area contributed by atoms with Crippen molar-refractivity contribution in [2.45, 2.75) is 13.3 Å². The Kier molecular flexibility index (Phi) is 6.25. The number of carbonyl (C=O) groups excluding carboxylic acids is 2. The van der Waals surface area contributed by atoms with Crippen molar-refractivity contribution in [3.05, 3.63) is 71.6 Å². The molecule has 0 saturated heterocycles. The van der Waals surface area contributed by atoms with Gasteiger partial charge in [0.2, 0.25) is 11.8 Å². The van der Waals surface area contributed by atoms with Crippen molar-refractivity contribution in [2.24, 2.45) is 0 Å². The number of nitrogens with one attached hydrogen (secondary N) is 2. The third-order valence-corrected chi connectivity index (χ3v) is 3.28. The monoisotopic (exact) mass is 326 g/mol. The summed E-state index contributed by atoms with van der Waals surface area (Å²) < 4.78 is 13.6. The molecule has 124 valence electrons. The Balaban J connectivity index is 1.74. The lowest BCUT2D eigenvalue weighted by Crippen LogP contribution is -2.26. The van der Waals surface area contributed by atoms with Crippen molar-refractivity contribution in [3.63, 3.8) is 0 Å². The van der Waals surface area contributed by atoms with Gasteiger partial charge in [0.25, 0.3) is 0 Å². The van der Waals surface area contributed by atoms with Gasteiger partial charge in [0.05, 0.1) is 5.69 Å². The van der Waals surface area contributed by atoms with Crippen molar-refractivity contribution < 1.29 is 14.0 Å². The molecule has 2 rings (SSSR count). The van der Waals surface area contributed by atoms with Crippen LogP contribution in [0.1, 0.15) is 17.5 Å². The lowest BCUT2D eigenvalue weighted by molar-refractivity contribution is -0.117. The first kappa shape index (κ1) is 17.4. The van der Waals surface area contributed by atoms with Gasteiger partial charge in [0, 0.05) is 19.0 Å². The van der Waals surface area contributed by atoms with E-state index in [9.17, 15) is 14.0 Å². The van der Waals surface area contributed by atoms with E-state index >= 15 is 0 Å². The number of hydrogen-bond acceptors (Lipinski definition) is 2. The molecule has 0 aliphatic carbocycles. The van der Waals surface area contributed by atoms with Crippen LogP contribution < -0.4 is 10.6 Å². The smallest absolute Gasteiger partial charge is 0.244 e. The molecule has 2 aromatic rings. The molecule has 0 aromatic heterocycles. The lowest BCUT2D eigenvalue weighted by atomic mass is 10.2. The number of hydrogen-bond donors (Lipinski definition) is 2. The van der Waals surface area contributed by atoms with Gasteiger partial charge in [0.1, 0.15) is 5.82 Å². The molecule has 0 fully saturated rings. The van der Waals surface area contributed by atoms with E-state index in [1.165, 1.54) is 18.2 Å². The van der Waals surface area contributed by atoms with Crippen LogP contribution in [0.4, 0.5) is 10.1 Å². The first-order valence-electron chi connectivity index (χ1n) is 7.61. The molecule has 2 N–H and O–H groups in total. The van der Waals surface area contributed by atoms with Gasteiger partial charge < -0.3 is 10.6 Å². The first-order valence-corrected chi connectivity index (χ1v) is 7.61. The van der Waals surface area contributed by atoms with Crippen LogP contribution in [-0.2, 0) is 9.59 Å². The number of amides is 2. The molecule has 2 aromatic carbocycles. The first-order chi connectivity index (χ1) is 11.5. The van der Waals surface area contributed by atoms with Crippen molar-refractivity contribution >= 4 is 23.6 Å². The average Bonchev–Trinajstić information content (AvgIpc) is 2.56. The second-order valence-electron chi connectivity index (χ2n) is 5.32. The summed E-state index contributed by atoms with van der Waals surface area (Å²) in [7, 11) is 0. The standard InChI is InChI=1S/C19H19FN2O2/c1-14-7-9-17(16(20)13-14)22-19(24)11-12-21-18(23)10-8-15-5-3-2-4-6-15/h2-10,13H,11-12H2,1H3,(H,21,23)(H,22,24)/b10-8+. The largest absolute Gasteiger partial charge is 0.352 e. The van der Waals surface area contributed by atoms with Crippen LogP contribution >= 0.6 is 0 Å². The minimum atomic E-state index is -0.474. The van der Waals surface area contributed by atoms with Crippen LogP contribution in [0.2, 0.25) is 0 Å². The normalized spacial score (nSPS) is 10.6. The van der Waals surface area contributed by atoms with Gasteiger partial charge in [-0.25, -0.2) is 4.39 Å². The highest BCUT2D eigenvalue weighted by atomic mass is 19.1. The number of carbonyl (C=O) groups is 2. The molecule has 0 radical (unpaired) electrons. The van der Waals surface area contributed by atoms with Gasteiger partial charge in [0.15, 0.2) is 0 Å². The SMILES string of the molecule is Cc1ccc(NC(=O)CCNC(=O)/C=C/c2ccccc2)c(F)c1. The van der Waals surface area contributed by atoms with E-state index in [-0.39, 0.29) is 30.5 Å². The fourth-order valence-electron chi connectivity index (χ4n) is 2.03. The summed E-state index contributed by atoms with van der Waals surface area (Å²) in [6, 6.07) is 14.0. The maximum atomic E-state index is 13.6. The summed E-state index contributed by atoms with van der Waals surface area (Å²) in [5.41, 5.74) is 1.84. The van der Waals surface area contributed by atoms with Gasteiger partial charge >= 0.3 is 0 Å². The average molecular weight is 326 g/mol. The zero-order valence-corrected chi connectivity index (χ0v) is 13.4. The van der Waals surface area contributed by atoms with E-state index in [1.807, 2.05) is 30.3 Å². The van der Waals surface area contributed by atoms with Crippen molar-refractivity contribution in [1.82, 2.24) is 5.32 Å². The fourth-order valence-corrected chi connectivity index (χ4v) is 2.03. The summed E-state index contributed by atoms with van der Waals surface area (Å²) in [5, 5.41) is 5.10. The third kappa shape index (κ3) is 5.68. The van der Waals surface area contributed by atoms with Crippen LogP contribution in [0.5, 0.6) is 0 Å². The minimum absolute atomic E-state index is 0.0677. The second-order valence-corrected chi connectivity index (χ2v) is 5.32. The predicted octanol–water partition coefficient (Wildman–Crippen LogP) is 3.29. The lowest BCUT2D eigenvalue weighted by Gasteiger charge is -2.07. The summed E-state index contributed by atoms with van der Waals surface area (Å²) in [6.07, 6.45) is 3.17. The highest BCUT2D eigenvalue weighted by Crippen LogP contribution is 2.15. The van der Waals surface area contributed by atoms with E-state index in [0.717, 1.165) is 11.1 Å². The van der Waals surface area contributed by atoms with E-state index < -0.39 is 5.82 Å². The van der Waals surface area contributed by atoms with Gasteiger partial charge in [-0.15, -0.1) is 0 Å². The molecule has 0 atom stereocenters. The van der Waals surface area contributed by atoms with Gasteiger partial charge in [-0.1, -0.05) is 36.4 Å². The Morgan fingerprint density at radius 3 is 2.58 bits per heavy atom. The zero-order chi connectivity index (χ0) is 17.4. The van der Waals surface area contributed by atoms with Crippen molar-refractivity contribution in [2.75, 3.05) is 11.9 Å². The van der Waals surface area contributed by atoms with E-state index in [0.29, 0.717) is 0 Å². The van der Waals surface area contributed by atoms with Crippen LogP contribution in [0.3, 0.4) is 0 Å². The molecule has 0 unspecified atom stereocenters. The maximum absolute atomic E-state index is 13.6. The molecule has 0 bridgehead atoms. The molecular formula is C19H19FN2O2. The van der Waals surface area contributed by atoms with Gasteiger partial charge in [-0.2, -0.15) is 0 Å². The number of rotatable bonds is 6. The fraction of sp³-hybridized carbons (Fsp3) is 0.158. The second kappa shape index (κ2) is 8.62. The number of benzene rings is 2. The molecule has 0 spiro atoms. The zero-order valence-electron chi connectivity index (χ0n) is 13.4. The number of anilines is 1. The molecule has 4 nitrogen and oxygen atoms in total. The Labute approximate surface area is 140 Å². The summed E-state index contributed by atoms with van der Waals surface area (Å²) in [6.45, 7) is 1.95. The molecule has 0 aliphatic rings. The summed E-state index contributed by atoms with van der Waals surface area (Å²) >= 11 is 0. The molecular weight excluding hydrogens is 307 g/mol.